The Morgan fingerprint density at radius 2 is 1.76 bits per heavy atom. The zero-order valence-corrected chi connectivity index (χ0v) is 21.9. The van der Waals surface area contributed by atoms with Crippen molar-refractivity contribution in [3.8, 4) is 0 Å². The summed E-state index contributed by atoms with van der Waals surface area (Å²) in [6, 6.07) is 6.74. The second kappa shape index (κ2) is 7.07. The lowest BCUT2D eigenvalue weighted by Gasteiger charge is -2.36. The highest BCUT2D eigenvalue weighted by atomic mass is 79.9. The zero-order valence-electron chi connectivity index (χ0n) is 17.7. The van der Waals surface area contributed by atoms with Crippen molar-refractivity contribution in [2.75, 3.05) is 0 Å². The maximum atomic E-state index is 3.96. The zero-order chi connectivity index (χ0) is 20.5. The molecule has 0 bridgehead atoms. The molecule has 0 aliphatic heterocycles. The quantitative estimate of drug-likeness (QED) is 0.337. The molecule has 1 aromatic rings. The van der Waals surface area contributed by atoms with E-state index in [9.17, 15) is 0 Å². The van der Waals surface area contributed by atoms with Crippen molar-refractivity contribution in [1.82, 2.24) is 0 Å². The Morgan fingerprint density at radius 1 is 1.00 bits per heavy atom. The van der Waals surface area contributed by atoms with E-state index in [1.807, 2.05) is 0 Å². The van der Waals surface area contributed by atoms with Gasteiger partial charge in [0.25, 0.3) is 0 Å². The van der Waals surface area contributed by atoms with E-state index >= 15 is 0 Å². The first-order chi connectivity index (χ1) is 13.8. The molecule has 29 heavy (non-hydrogen) atoms. The van der Waals surface area contributed by atoms with Crippen LogP contribution in [0.4, 0.5) is 0 Å². The van der Waals surface area contributed by atoms with Crippen LogP contribution in [0.2, 0.25) is 13.1 Å². The first kappa shape index (κ1) is 20.0. The topological polar surface area (TPSA) is 0 Å². The molecule has 0 heterocycles. The summed E-state index contributed by atoms with van der Waals surface area (Å²) in [4.78, 5) is 0. The molecular weight excluding hydrogens is 500 g/mol. The fraction of sp³-hybridized carbons (Fsp3) is 0.385. The van der Waals surface area contributed by atoms with Crippen LogP contribution in [-0.4, -0.2) is 8.07 Å². The lowest BCUT2D eigenvalue weighted by molar-refractivity contribution is 0.637. The minimum Gasteiger partial charge on any atom is -0.0701 e. The summed E-state index contributed by atoms with van der Waals surface area (Å²) < 4.78 is 2.58. The van der Waals surface area contributed by atoms with Crippen molar-refractivity contribution in [1.29, 1.82) is 0 Å². The molecule has 0 radical (unpaired) electrons. The van der Waals surface area contributed by atoms with Crippen LogP contribution in [-0.2, 0) is 0 Å². The minimum absolute atomic E-state index is 0.529. The standard InChI is InChI=1S/C26H28Br2Si/c1-15-12-20-17-8-5-6-9-18(17)24(28)14-22(20)26(15)29(3,4)25-16(2)13-21-19(25)10-7-11-23(21)27/h7,10-14,20,25H,5-6,8-9H2,1-4H3. The first-order valence-corrected chi connectivity index (χ1v) is 15.5. The van der Waals surface area contributed by atoms with Gasteiger partial charge in [0.15, 0.2) is 0 Å². The highest BCUT2D eigenvalue weighted by molar-refractivity contribution is 9.12. The molecule has 0 spiro atoms. The molecule has 2 unspecified atom stereocenters. The highest BCUT2D eigenvalue weighted by Crippen LogP contribution is 2.54. The van der Waals surface area contributed by atoms with Crippen LogP contribution in [0.1, 0.15) is 56.2 Å². The average molecular weight is 528 g/mol. The Bertz CT molecular complexity index is 1080. The van der Waals surface area contributed by atoms with Crippen molar-refractivity contribution in [3.63, 3.8) is 0 Å². The van der Waals surface area contributed by atoms with E-state index in [1.54, 1.807) is 21.9 Å². The predicted molar refractivity (Wildman–Crippen MR) is 135 cm³/mol. The summed E-state index contributed by atoms with van der Waals surface area (Å²) in [5, 5.41) is 1.70. The van der Waals surface area contributed by atoms with Gasteiger partial charge < -0.3 is 0 Å². The molecule has 4 aliphatic rings. The van der Waals surface area contributed by atoms with Crippen molar-refractivity contribution < 1.29 is 0 Å². The van der Waals surface area contributed by atoms with E-state index in [0.29, 0.717) is 11.5 Å². The molecule has 1 aromatic carbocycles. The number of hydrogen-bond acceptors (Lipinski definition) is 0. The molecule has 0 aromatic heterocycles. The van der Waals surface area contributed by atoms with E-state index in [4.69, 9.17) is 0 Å². The van der Waals surface area contributed by atoms with Crippen LogP contribution >= 0.6 is 31.9 Å². The van der Waals surface area contributed by atoms with E-state index in [2.05, 4.69) is 95.2 Å². The fourth-order valence-electron chi connectivity index (χ4n) is 6.52. The van der Waals surface area contributed by atoms with Gasteiger partial charge in [-0.25, -0.2) is 0 Å². The molecular formula is C26H28Br2Si. The second-order valence-corrected chi connectivity index (χ2v) is 15.9. The molecule has 0 N–H and O–H groups in total. The summed E-state index contributed by atoms with van der Waals surface area (Å²) in [5.41, 5.74) is 11.4. The first-order valence-electron chi connectivity index (χ1n) is 10.8. The maximum Gasteiger partial charge on any atom is 0.0930 e. The molecule has 0 saturated heterocycles. The Kier molecular flexibility index (Phi) is 4.88. The molecule has 0 nitrogen and oxygen atoms in total. The van der Waals surface area contributed by atoms with Crippen LogP contribution in [0.5, 0.6) is 0 Å². The van der Waals surface area contributed by atoms with Gasteiger partial charge in [-0.05, 0) is 73.9 Å². The van der Waals surface area contributed by atoms with E-state index < -0.39 is 8.07 Å². The van der Waals surface area contributed by atoms with Crippen molar-refractivity contribution in [3.05, 3.63) is 83.5 Å². The highest BCUT2D eigenvalue weighted by Gasteiger charge is 2.45. The molecule has 2 atom stereocenters. The third-order valence-electron chi connectivity index (χ3n) is 7.48. The summed E-state index contributed by atoms with van der Waals surface area (Å²) >= 11 is 7.75. The Hall–Kier alpha value is -0.903. The number of hydrogen-bond donors (Lipinski definition) is 0. The number of allylic oxidation sites excluding steroid dienone is 9. The smallest absolute Gasteiger partial charge is 0.0701 e. The predicted octanol–water partition coefficient (Wildman–Crippen LogP) is 8.77. The fourth-order valence-corrected chi connectivity index (χ4v) is 12.3. The summed E-state index contributed by atoms with van der Waals surface area (Å²) in [6.07, 6.45) is 12.7. The number of benzene rings is 1. The van der Waals surface area contributed by atoms with Gasteiger partial charge in [-0.3, -0.25) is 0 Å². The molecule has 150 valence electrons. The Morgan fingerprint density at radius 3 is 2.55 bits per heavy atom. The van der Waals surface area contributed by atoms with Crippen molar-refractivity contribution in [2.45, 2.75) is 58.2 Å². The lowest BCUT2D eigenvalue weighted by Crippen LogP contribution is -2.39. The van der Waals surface area contributed by atoms with Gasteiger partial charge in [0.1, 0.15) is 0 Å². The molecule has 0 saturated carbocycles. The van der Waals surface area contributed by atoms with Crippen molar-refractivity contribution >= 4 is 46.0 Å². The van der Waals surface area contributed by atoms with Crippen LogP contribution in [0.15, 0.2) is 72.4 Å². The average Bonchev–Trinajstić information content (AvgIpc) is 3.20. The van der Waals surface area contributed by atoms with Crippen LogP contribution in [0.3, 0.4) is 0 Å². The van der Waals surface area contributed by atoms with Crippen LogP contribution < -0.4 is 0 Å². The van der Waals surface area contributed by atoms with E-state index in [0.717, 1.165) is 0 Å². The number of rotatable bonds is 2. The Labute approximate surface area is 192 Å². The SMILES string of the molecule is CC1=CC2C(=C1[Si](C)(C)C1C(C)=Cc3c(Br)cccc31)C=C(Br)C1=C2CCCC1. The lowest BCUT2D eigenvalue weighted by atomic mass is 9.78. The third kappa shape index (κ3) is 2.95. The van der Waals surface area contributed by atoms with E-state index in [1.165, 1.54) is 56.9 Å². The van der Waals surface area contributed by atoms with Gasteiger partial charge >= 0.3 is 0 Å². The minimum atomic E-state index is -1.80. The molecule has 5 rings (SSSR count). The summed E-state index contributed by atoms with van der Waals surface area (Å²) in [7, 11) is -1.80. The number of fused-ring (bicyclic) bond motifs is 3. The molecule has 0 fully saturated rings. The Balaban J connectivity index is 1.66. The van der Waals surface area contributed by atoms with Crippen molar-refractivity contribution in [2.24, 2.45) is 5.92 Å². The summed E-state index contributed by atoms with van der Waals surface area (Å²) in [5.74, 6) is 0.529. The van der Waals surface area contributed by atoms with E-state index in [-0.39, 0.29) is 0 Å². The van der Waals surface area contributed by atoms with Gasteiger partial charge in [-0.2, -0.15) is 0 Å². The maximum absolute atomic E-state index is 3.96. The third-order valence-corrected chi connectivity index (χ3v) is 13.1. The second-order valence-electron chi connectivity index (χ2n) is 9.65. The summed E-state index contributed by atoms with van der Waals surface area (Å²) in [6.45, 7) is 9.91. The van der Waals surface area contributed by atoms with Gasteiger partial charge in [0.05, 0.1) is 8.07 Å². The van der Waals surface area contributed by atoms with Crippen LogP contribution in [0, 0.1) is 5.92 Å². The van der Waals surface area contributed by atoms with Gasteiger partial charge in [-0.1, -0.05) is 91.2 Å². The normalized spacial score (nSPS) is 26.1. The van der Waals surface area contributed by atoms with Crippen LogP contribution in [0.25, 0.3) is 6.08 Å². The van der Waals surface area contributed by atoms with Gasteiger partial charge in [-0.15, -0.1) is 0 Å². The van der Waals surface area contributed by atoms with Gasteiger partial charge in [0, 0.05) is 20.4 Å². The van der Waals surface area contributed by atoms with Gasteiger partial charge in [0.2, 0.25) is 0 Å². The largest absolute Gasteiger partial charge is 0.0930 e. The molecule has 0 amide bonds. The molecule has 4 aliphatic carbocycles. The molecule has 3 heteroatoms. The number of halogens is 2. The monoisotopic (exact) mass is 526 g/mol.